The summed E-state index contributed by atoms with van der Waals surface area (Å²) in [5, 5.41) is 0. The van der Waals surface area contributed by atoms with Gasteiger partial charge in [-0.1, -0.05) is 0 Å². The van der Waals surface area contributed by atoms with Gasteiger partial charge in [-0.25, -0.2) is 0 Å². The minimum absolute atomic E-state index is 0. The van der Waals surface area contributed by atoms with Gasteiger partial charge in [0.1, 0.15) is 0 Å². The smallest absolute Gasteiger partial charge is 2.00 e. The first-order valence-electron chi connectivity index (χ1n) is 0. The minimum atomic E-state index is 0. The van der Waals surface area contributed by atoms with E-state index in [1.807, 2.05) is 0 Å². The van der Waals surface area contributed by atoms with Gasteiger partial charge in [0, 0.05) is 0 Å². The van der Waals surface area contributed by atoms with Crippen LogP contribution in [0.5, 0.6) is 0 Å². The summed E-state index contributed by atoms with van der Waals surface area (Å²) in [7, 11) is 0. The standard InChI is InChI=1S/2Ag.Ir.3O/q2*+1;+4;3*-2. The van der Waals surface area contributed by atoms with Crippen molar-refractivity contribution in [3.63, 3.8) is 0 Å². The largest absolute Gasteiger partial charge is 4.00 e. The Bertz CT molecular complexity index is 8.75. The summed E-state index contributed by atoms with van der Waals surface area (Å²) < 4.78 is 0. The Morgan fingerprint density at radius 3 is 0.500 bits per heavy atom. The maximum absolute atomic E-state index is 0. The van der Waals surface area contributed by atoms with Crippen LogP contribution in [0.2, 0.25) is 0 Å². The monoisotopic (exact) mass is 455 g/mol. The molecule has 0 saturated carbocycles. The molecule has 6 heavy (non-hydrogen) atoms. The van der Waals surface area contributed by atoms with Crippen LogP contribution in [0.4, 0.5) is 0 Å². The second-order valence-corrected chi connectivity index (χ2v) is 0. The molecule has 49 valence electrons. The summed E-state index contributed by atoms with van der Waals surface area (Å²) in [6.07, 6.45) is 0. The van der Waals surface area contributed by atoms with Crippen LogP contribution in [0.1, 0.15) is 0 Å². The van der Waals surface area contributed by atoms with E-state index in [0.717, 1.165) is 0 Å². The van der Waals surface area contributed by atoms with E-state index in [-0.39, 0.29) is 81.3 Å². The van der Waals surface area contributed by atoms with Gasteiger partial charge >= 0.3 is 64.9 Å². The first-order valence-corrected chi connectivity index (χ1v) is 0. The molecule has 0 unspecified atom stereocenters. The van der Waals surface area contributed by atoms with Crippen molar-refractivity contribution in [2.75, 3.05) is 0 Å². The molecular formula is Ag2IrO3. The molecule has 0 aliphatic heterocycles. The molecule has 0 aromatic heterocycles. The van der Waals surface area contributed by atoms with Crippen LogP contribution in [0, 0.1) is 0 Å². The van der Waals surface area contributed by atoms with Crippen LogP contribution in [0.25, 0.3) is 0 Å². The second kappa shape index (κ2) is 62.7. The quantitative estimate of drug-likeness (QED) is 0.447. The topological polar surface area (TPSA) is 85.5 Å². The molecule has 3 nitrogen and oxygen atoms in total. The fourth-order valence-corrected chi connectivity index (χ4v) is 0. The normalized spacial score (nSPS) is 0. The number of rotatable bonds is 0. The van der Waals surface area contributed by atoms with Crippen LogP contribution in [-0.4, -0.2) is 0 Å². The number of hydrogen-bond acceptors (Lipinski definition) is 0. The molecule has 0 N–H and O–H groups in total. The zero-order valence-corrected chi connectivity index (χ0v) is 7.52. The fourth-order valence-electron chi connectivity index (χ4n) is 0. The van der Waals surface area contributed by atoms with Crippen molar-refractivity contribution in [3.05, 3.63) is 0 Å². The van der Waals surface area contributed by atoms with Crippen LogP contribution in [-0.2, 0) is 81.3 Å². The van der Waals surface area contributed by atoms with E-state index in [4.69, 9.17) is 0 Å². The SMILES string of the molecule is [Ag+].[Ag+].[Ir+4].[O-2].[O-2].[O-2]. The first-order chi connectivity index (χ1) is 0. The second-order valence-electron chi connectivity index (χ2n) is 0. The molecule has 0 amide bonds. The summed E-state index contributed by atoms with van der Waals surface area (Å²) in [5.41, 5.74) is 0. The van der Waals surface area contributed by atoms with Crippen molar-refractivity contribution < 1.29 is 81.3 Å². The van der Waals surface area contributed by atoms with Gasteiger partial charge in [0.05, 0.1) is 0 Å². The molecule has 0 aromatic carbocycles. The summed E-state index contributed by atoms with van der Waals surface area (Å²) in [6, 6.07) is 0. The Kier molecular flexibility index (Phi) is 1020. The minimum Gasteiger partial charge on any atom is -2.00 e. The van der Waals surface area contributed by atoms with E-state index < -0.39 is 0 Å². The fraction of sp³-hybridized carbons (Fsp3) is 0. The van der Waals surface area contributed by atoms with Crippen molar-refractivity contribution in [1.29, 1.82) is 0 Å². The zero-order chi connectivity index (χ0) is 0. The molecule has 0 heterocycles. The summed E-state index contributed by atoms with van der Waals surface area (Å²) in [5.74, 6) is 0. The average Bonchev–Trinajstić information content (AvgIpc) is 0. The van der Waals surface area contributed by atoms with Crippen LogP contribution in [0.15, 0.2) is 0 Å². The molecule has 0 aliphatic rings. The van der Waals surface area contributed by atoms with Gasteiger partial charge in [-0.3, -0.25) is 0 Å². The third-order valence-electron chi connectivity index (χ3n) is 0. The molecule has 0 spiro atoms. The molecule has 0 saturated heterocycles. The molecular weight excluding hydrogens is 456 g/mol. The van der Waals surface area contributed by atoms with E-state index in [2.05, 4.69) is 0 Å². The van der Waals surface area contributed by atoms with E-state index in [1.165, 1.54) is 0 Å². The Balaban J connectivity index is 0. The van der Waals surface area contributed by atoms with Crippen LogP contribution < -0.4 is 0 Å². The third kappa shape index (κ3) is 37.3. The average molecular weight is 456 g/mol. The Hall–Kier alpha value is 2.01. The van der Waals surface area contributed by atoms with Gasteiger partial charge in [-0.05, 0) is 0 Å². The molecule has 0 aromatic rings. The zero-order valence-electron chi connectivity index (χ0n) is 2.16. The molecule has 0 atom stereocenters. The van der Waals surface area contributed by atoms with Gasteiger partial charge in [-0.2, -0.15) is 0 Å². The van der Waals surface area contributed by atoms with Crippen molar-refractivity contribution >= 4 is 0 Å². The summed E-state index contributed by atoms with van der Waals surface area (Å²) >= 11 is 0. The summed E-state index contributed by atoms with van der Waals surface area (Å²) in [4.78, 5) is 0. The van der Waals surface area contributed by atoms with Gasteiger partial charge < -0.3 is 16.4 Å². The molecule has 0 aliphatic carbocycles. The van der Waals surface area contributed by atoms with Gasteiger partial charge in [0.25, 0.3) is 0 Å². The van der Waals surface area contributed by atoms with E-state index >= 15 is 0 Å². The van der Waals surface area contributed by atoms with Crippen LogP contribution in [0.3, 0.4) is 0 Å². The Morgan fingerprint density at radius 1 is 0.500 bits per heavy atom. The maximum Gasteiger partial charge on any atom is 4.00 e. The predicted octanol–water partition coefficient (Wildman–Crippen LogP) is -0.364. The molecule has 0 fully saturated rings. The van der Waals surface area contributed by atoms with Crippen molar-refractivity contribution in [2.24, 2.45) is 0 Å². The Labute approximate surface area is 80.6 Å². The summed E-state index contributed by atoms with van der Waals surface area (Å²) in [6.45, 7) is 0. The molecule has 6 heteroatoms. The molecule has 0 bridgehead atoms. The maximum atomic E-state index is 0. The van der Waals surface area contributed by atoms with Gasteiger partial charge in [-0.15, -0.1) is 0 Å². The number of hydrogen-bond donors (Lipinski definition) is 0. The van der Waals surface area contributed by atoms with Crippen LogP contribution >= 0.6 is 0 Å². The van der Waals surface area contributed by atoms with E-state index in [9.17, 15) is 0 Å². The van der Waals surface area contributed by atoms with E-state index in [0.29, 0.717) is 0 Å². The van der Waals surface area contributed by atoms with Crippen molar-refractivity contribution in [2.45, 2.75) is 0 Å². The van der Waals surface area contributed by atoms with Crippen molar-refractivity contribution in [1.82, 2.24) is 0 Å². The van der Waals surface area contributed by atoms with Gasteiger partial charge in [0.15, 0.2) is 0 Å². The Morgan fingerprint density at radius 2 is 0.500 bits per heavy atom. The first kappa shape index (κ1) is 97.4. The predicted molar refractivity (Wildman–Crippen MR) is 2.06 cm³/mol. The molecule has 1 radical (unpaired) electrons. The van der Waals surface area contributed by atoms with Gasteiger partial charge in [0.2, 0.25) is 0 Å². The molecule has 0 rings (SSSR count). The van der Waals surface area contributed by atoms with E-state index in [1.54, 1.807) is 0 Å². The van der Waals surface area contributed by atoms with Crippen molar-refractivity contribution in [3.8, 4) is 0 Å². The third-order valence-corrected chi connectivity index (χ3v) is 0.